The molecule has 0 spiro atoms. The van der Waals surface area contributed by atoms with Crippen molar-refractivity contribution in [3.05, 3.63) is 34.1 Å². The summed E-state index contributed by atoms with van der Waals surface area (Å²) in [7, 11) is 0. The third kappa shape index (κ3) is 2.72. The van der Waals surface area contributed by atoms with E-state index in [0.717, 1.165) is 18.5 Å². The van der Waals surface area contributed by atoms with Crippen molar-refractivity contribution in [3.8, 4) is 0 Å². The molecule has 2 atom stereocenters. The molecule has 3 nitrogen and oxygen atoms in total. The predicted octanol–water partition coefficient (Wildman–Crippen LogP) is 2.88. The zero-order chi connectivity index (χ0) is 13.3. The van der Waals surface area contributed by atoms with Crippen LogP contribution in [0.3, 0.4) is 0 Å². The van der Waals surface area contributed by atoms with E-state index >= 15 is 0 Å². The number of halogens is 2. The molecule has 0 aliphatic carbocycles. The molecule has 0 saturated carbocycles. The minimum absolute atomic E-state index is 0.154. The summed E-state index contributed by atoms with van der Waals surface area (Å²) in [5.74, 6) is -0.921. The molecular weight excluding hydrogens is 301 g/mol. The van der Waals surface area contributed by atoms with E-state index in [-0.39, 0.29) is 11.7 Å². The highest BCUT2D eigenvalue weighted by Crippen LogP contribution is 2.28. The van der Waals surface area contributed by atoms with Gasteiger partial charge in [-0.2, -0.15) is 0 Å². The topological polar surface area (TPSA) is 40.5 Å². The van der Waals surface area contributed by atoms with Crippen LogP contribution in [0.1, 0.15) is 18.9 Å². The quantitative estimate of drug-likeness (QED) is 0.932. The number of nitrogens with zero attached hydrogens (tertiary/aromatic N) is 1. The summed E-state index contributed by atoms with van der Waals surface area (Å²) in [6.07, 6.45) is 0.885. The molecule has 0 radical (unpaired) electrons. The van der Waals surface area contributed by atoms with Gasteiger partial charge in [0.2, 0.25) is 0 Å². The van der Waals surface area contributed by atoms with E-state index in [2.05, 4.69) is 15.9 Å². The Labute approximate surface area is 114 Å². The number of aliphatic carboxylic acids is 1. The average Bonchev–Trinajstić information content (AvgIpc) is 2.64. The highest BCUT2D eigenvalue weighted by atomic mass is 79.9. The van der Waals surface area contributed by atoms with E-state index in [9.17, 15) is 14.3 Å². The Hall–Kier alpha value is -0.940. The monoisotopic (exact) mass is 315 g/mol. The van der Waals surface area contributed by atoms with Crippen LogP contribution in [0.15, 0.2) is 22.7 Å². The zero-order valence-electron chi connectivity index (χ0n) is 10.1. The molecule has 1 aliphatic rings. The normalized spacial score (nSPS) is 24.4. The van der Waals surface area contributed by atoms with E-state index in [4.69, 9.17) is 0 Å². The maximum absolute atomic E-state index is 13.0. The molecule has 98 valence electrons. The van der Waals surface area contributed by atoms with Crippen molar-refractivity contribution in [3.63, 3.8) is 0 Å². The van der Waals surface area contributed by atoms with E-state index in [1.807, 2.05) is 11.8 Å². The number of hydrogen-bond donors (Lipinski definition) is 1. The first-order chi connectivity index (χ1) is 8.49. The second-order valence-corrected chi connectivity index (χ2v) is 5.61. The molecule has 1 heterocycles. The van der Waals surface area contributed by atoms with Crippen LogP contribution in [0, 0.1) is 11.7 Å². The lowest BCUT2D eigenvalue weighted by Crippen LogP contribution is -2.38. The van der Waals surface area contributed by atoms with Gasteiger partial charge in [-0.15, -0.1) is 0 Å². The first-order valence-electron chi connectivity index (χ1n) is 5.90. The van der Waals surface area contributed by atoms with E-state index in [0.29, 0.717) is 11.0 Å². The summed E-state index contributed by atoms with van der Waals surface area (Å²) in [5.41, 5.74) is 0.914. The van der Waals surface area contributed by atoms with Crippen LogP contribution in [-0.2, 0) is 11.3 Å². The molecule has 0 amide bonds. The van der Waals surface area contributed by atoms with Crippen LogP contribution in [0.4, 0.5) is 4.39 Å². The van der Waals surface area contributed by atoms with Gasteiger partial charge in [-0.1, -0.05) is 28.9 Å². The Bertz CT molecular complexity index is 466. The molecule has 0 aromatic heterocycles. The number of carboxylic acid groups (broad SMARTS) is 1. The smallest absolute Gasteiger partial charge is 0.321 e. The van der Waals surface area contributed by atoms with Crippen molar-refractivity contribution >= 4 is 21.9 Å². The van der Waals surface area contributed by atoms with Crippen molar-refractivity contribution < 1.29 is 14.3 Å². The van der Waals surface area contributed by atoms with Crippen LogP contribution in [0.2, 0.25) is 0 Å². The minimum atomic E-state index is -0.779. The lowest BCUT2D eigenvalue weighted by atomic mass is 10.0. The van der Waals surface area contributed by atoms with Crippen molar-refractivity contribution in [2.75, 3.05) is 6.54 Å². The molecule has 2 rings (SSSR count). The van der Waals surface area contributed by atoms with E-state index in [1.54, 1.807) is 6.07 Å². The number of likely N-dealkylation sites (tertiary alicyclic amines) is 1. The highest BCUT2D eigenvalue weighted by Gasteiger charge is 2.36. The number of rotatable bonds is 3. The fourth-order valence-electron chi connectivity index (χ4n) is 2.47. The largest absolute Gasteiger partial charge is 0.480 e. The third-order valence-electron chi connectivity index (χ3n) is 3.45. The third-order valence-corrected chi connectivity index (χ3v) is 4.18. The van der Waals surface area contributed by atoms with Gasteiger partial charge in [-0.3, -0.25) is 9.69 Å². The predicted molar refractivity (Wildman–Crippen MR) is 69.7 cm³/mol. The molecule has 1 aromatic rings. The number of hydrogen-bond acceptors (Lipinski definition) is 2. The summed E-state index contributed by atoms with van der Waals surface area (Å²) in [5, 5.41) is 9.23. The number of benzene rings is 1. The number of carbonyl (C=O) groups is 1. The summed E-state index contributed by atoms with van der Waals surface area (Å²) >= 11 is 3.31. The molecule has 18 heavy (non-hydrogen) atoms. The van der Waals surface area contributed by atoms with Crippen molar-refractivity contribution in [2.45, 2.75) is 25.9 Å². The van der Waals surface area contributed by atoms with Gasteiger partial charge >= 0.3 is 5.97 Å². The molecule has 1 N–H and O–H groups in total. The van der Waals surface area contributed by atoms with Gasteiger partial charge < -0.3 is 5.11 Å². The van der Waals surface area contributed by atoms with Gasteiger partial charge in [0.25, 0.3) is 0 Å². The van der Waals surface area contributed by atoms with Gasteiger partial charge in [0.15, 0.2) is 0 Å². The SMILES string of the molecule is CC1CCN(Cc2ccc(F)cc2Br)C1C(=O)O. The highest BCUT2D eigenvalue weighted by molar-refractivity contribution is 9.10. The standard InChI is InChI=1S/C13H15BrFNO2/c1-8-4-5-16(12(8)13(17)18)7-9-2-3-10(15)6-11(9)14/h2-3,6,8,12H,4-5,7H2,1H3,(H,17,18). The van der Waals surface area contributed by atoms with E-state index in [1.165, 1.54) is 12.1 Å². The molecule has 1 fully saturated rings. The van der Waals surface area contributed by atoms with Crippen LogP contribution >= 0.6 is 15.9 Å². The molecule has 1 saturated heterocycles. The van der Waals surface area contributed by atoms with Gasteiger partial charge in [0, 0.05) is 11.0 Å². The van der Waals surface area contributed by atoms with Crippen LogP contribution in [0.25, 0.3) is 0 Å². The molecule has 5 heteroatoms. The second kappa shape index (κ2) is 5.36. The Morgan fingerprint density at radius 2 is 2.33 bits per heavy atom. The van der Waals surface area contributed by atoms with Gasteiger partial charge in [0.05, 0.1) is 0 Å². The molecule has 1 aliphatic heterocycles. The fourth-order valence-corrected chi connectivity index (χ4v) is 2.95. The molecule has 2 unspecified atom stereocenters. The van der Waals surface area contributed by atoms with Gasteiger partial charge in [0.1, 0.15) is 11.9 Å². The van der Waals surface area contributed by atoms with Crippen LogP contribution in [-0.4, -0.2) is 28.6 Å². The Morgan fingerprint density at radius 1 is 1.61 bits per heavy atom. The van der Waals surface area contributed by atoms with Crippen molar-refractivity contribution in [1.82, 2.24) is 4.90 Å². The lowest BCUT2D eigenvalue weighted by molar-refractivity contribution is -0.143. The maximum atomic E-state index is 13.0. The van der Waals surface area contributed by atoms with Crippen LogP contribution < -0.4 is 0 Å². The summed E-state index contributed by atoms with van der Waals surface area (Å²) in [6, 6.07) is 4.06. The summed E-state index contributed by atoms with van der Waals surface area (Å²) in [4.78, 5) is 13.2. The lowest BCUT2D eigenvalue weighted by Gasteiger charge is -2.23. The molecular formula is C13H15BrFNO2. The van der Waals surface area contributed by atoms with E-state index < -0.39 is 12.0 Å². The minimum Gasteiger partial charge on any atom is -0.480 e. The number of carboxylic acids is 1. The molecule has 0 bridgehead atoms. The summed E-state index contributed by atoms with van der Waals surface area (Å²) in [6.45, 7) is 3.25. The Morgan fingerprint density at radius 3 is 2.94 bits per heavy atom. The first-order valence-corrected chi connectivity index (χ1v) is 6.69. The Kier molecular flexibility index (Phi) is 4.02. The average molecular weight is 316 g/mol. The van der Waals surface area contributed by atoms with Crippen molar-refractivity contribution in [1.29, 1.82) is 0 Å². The zero-order valence-corrected chi connectivity index (χ0v) is 11.7. The molecule has 1 aromatic carbocycles. The maximum Gasteiger partial charge on any atom is 0.321 e. The first kappa shape index (κ1) is 13.5. The van der Waals surface area contributed by atoms with Gasteiger partial charge in [-0.05, 0) is 36.6 Å². The second-order valence-electron chi connectivity index (χ2n) is 4.76. The van der Waals surface area contributed by atoms with Gasteiger partial charge in [-0.25, -0.2) is 4.39 Å². The van der Waals surface area contributed by atoms with Crippen molar-refractivity contribution in [2.24, 2.45) is 5.92 Å². The Balaban J connectivity index is 2.16. The fraction of sp³-hybridized carbons (Fsp3) is 0.462. The van der Waals surface area contributed by atoms with Crippen LogP contribution in [0.5, 0.6) is 0 Å². The summed E-state index contributed by atoms with van der Waals surface area (Å²) < 4.78 is 13.7.